The van der Waals surface area contributed by atoms with Crippen LogP contribution in [0.15, 0.2) is 16.8 Å². The summed E-state index contributed by atoms with van der Waals surface area (Å²) in [6, 6.07) is 1.85. The quantitative estimate of drug-likeness (QED) is 0.759. The van der Waals surface area contributed by atoms with Gasteiger partial charge in [-0.1, -0.05) is 5.16 Å². The summed E-state index contributed by atoms with van der Waals surface area (Å²) in [5.41, 5.74) is 9.07. The Morgan fingerprint density at radius 3 is 2.74 bits per heavy atom. The van der Waals surface area contributed by atoms with E-state index in [0.29, 0.717) is 18.2 Å². The molecule has 0 aliphatic heterocycles. The highest BCUT2D eigenvalue weighted by molar-refractivity contribution is 5.91. The second-order valence-corrected chi connectivity index (χ2v) is 4.63. The molecule has 19 heavy (non-hydrogen) atoms. The van der Waals surface area contributed by atoms with Crippen LogP contribution in [-0.4, -0.2) is 19.7 Å². The molecule has 98 valence electrons. The lowest BCUT2D eigenvalue weighted by Crippen LogP contribution is -2.04. The SMILES string of the molecule is Cc1nc(N)c2c(C)c(C)n(Cc3ccno3)c2n1. The van der Waals surface area contributed by atoms with Crippen molar-refractivity contribution in [3.63, 3.8) is 0 Å². The van der Waals surface area contributed by atoms with E-state index >= 15 is 0 Å². The molecular weight excluding hydrogens is 242 g/mol. The van der Waals surface area contributed by atoms with Crippen LogP contribution in [0.25, 0.3) is 11.0 Å². The minimum atomic E-state index is 0.527. The summed E-state index contributed by atoms with van der Waals surface area (Å²) in [6.07, 6.45) is 1.64. The lowest BCUT2D eigenvalue weighted by Gasteiger charge is -2.05. The maximum atomic E-state index is 6.01. The van der Waals surface area contributed by atoms with Crippen molar-refractivity contribution in [3.8, 4) is 0 Å². The fourth-order valence-corrected chi connectivity index (χ4v) is 2.35. The predicted molar refractivity (Wildman–Crippen MR) is 71.8 cm³/mol. The highest BCUT2D eigenvalue weighted by Gasteiger charge is 2.17. The molecular formula is C13H15N5O. The molecule has 0 saturated heterocycles. The second-order valence-electron chi connectivity index (χ2n) is 4.63. The monoisotopic (exact) mass is 257 g/mol. The summed E-state index contributed by atoms with van der Waals surface area (Å²) in [5.74, 6) is 1.98. The molecule has 0 atom stereocenters. The van der Waals surface area contributed by atoms with Crippen molar-refractivity contribution in [2.45, 2.75) is 27.3 Å². The number of nitrogens with two attached hydrogens (primary N) is 1. The predicted octanol–water partition coefficient (Wildman–Crippen LogP) is 1.98. The normalized spacial score (nSPS) is 11.3. The van der Waals surface area contributed by atoms with Crippen LogP contribution >= 0.6 is 0 Å². The summed E-state index contributed by atoms with van der Waals surface area (Å²) in [6.45, 7) is 6.50. The van der Waals surface area contributed by atoms with Crippen molar-refractivity contribution in [2.24, 2.45) is 0 Å². The average molecular weight is 257 g/mol. The van der Waals surface area contributed by atoms with Gasteiger partial charge in [-0.3, -0.25) is 0 Å². The lowest BCUT2D eigenvalue weighted by atomic mass is 10.2. The third-order valence-electron chi connectivity index (χ3n) is 3.41. The Bertz CT molecular complexity index is 742. The van der Waals surface area contributed by atoms with Crippen LogP contribution in [0, 0.1) is 20.8 Å². The van der Waals surface area contributed by atoms with Crippen LogP contribution in [-0.2, 0) is 6.54 Å². The topological polar surface area (TPSA) is 82.8 Å². The van der Waals surface area contributed by atoms with Gasteiger partial charge in [0.25, 0.3) is 0 Å². The molecule has 6 nitrogen and oxygen atoms in total. The summed E-state index contributed by atoms with van der Waals surface area (Å²) >= 11 is 0. The van der Waals surface area contributed by atoms with Gasteiger partial charge in [-0.2, -0.15) is 0 Å². The number of rotatable bonds is 2. The molecule has 0 bridgehead atoms. The second kappa shape index (κ2) is 4.08. The van der Waals surface area contributed by atoms with E-state index in [1.54, 1.807) is 6.20 Å². The third kappa shape index (κ3) is 1.76. The van der Waals surface area contributed by atoms with Crippen molar-refractivity contribution < 1.29 is 4.52 Å². The molecule has 0 radical (unpaired) electrons. The fourth-order valence-electron chi connectivity index (χ4n) is 2.35. The third-order valence-corrected chi connectivity index (χ3v) is 3.41. The highest BCUT2D eigenvalue weighted by Crippen LogP contribution is 2.28. The molecule has 0 spiro atoms. The van der Waals surface area contributed by atoms with Crippen molar-refractivity contribution in [3.05, 3.63) is 35.1 Å². The highest BCUT2D eigenvalue weighted by atomic mass is 16.5. The summed E-state index contributed by atoms with van der Waals surface area (Å²) in [4.78, 5) is 8.74. The molecule has 3 heterocycles. The molecule has 0 unspecified atom stereocenters. The van der Waals surface area contributed by atoms with Crippen LogP contribution in [0.1, 0.15) is 22.8 Å². The minimum absolute atomic E-state index is 0.527. The number of nitrogen functional groups attached to an aromatic ring is 1. The molecule has 3 aromatic heterocycles. The molecule has 3 aromatic rings. The maximum Gasteiger partial charge on any atom is 0.156 e. The first kappa shape index (κ1) is 11.7. The summed E-state index contributed by atoms with van der Waals surface area (Å²) in [7, 11) is 0. The lowest BCUT2D eigenvalue weighted by molar-refractivity contribution is 0.376. The average Bonchev–Trinajstić information content (AvgIpc) is 2.93. The van der Waals surface area contributed by atoms with Gasteiger partial charge in [0.05, 0.1) is 18.1 Å². The van der Waals surface area contributed by atoms with E-state index in [2.05, 4.69) is 19.7 Å². The van der Waals surface area contributed by atoms with Crippen LogP contribution in [0.5, 0.6) is 0 Å². The van der Waals surface area contributed by atoms with Gasteiger partial charge in [0.1, 0.15) is 17.3 Å². The molecule has 0 fully saturated rings. The van der Waals surface area contributed by atoms with Gasteiger partial charge in [-0.25, -0.2) is 9.97 Å². The largest absolute Gasteiger partial charge is 0.383 e. The van der Waals surface area contributed by atoms with Crippen molar-refractivity contribution >= 4 is 16.9 Å². The summed E-state index contributed by atoms with van der Waals surface area (Å²) in [5, 5.41) is 4.64. The Kier molecular flexibility index (Phi) is 2.51. The van der Waals surface area contributed by atoms with Crippen LogP contribution in [0.4, 0.5) is 5.82 Å². The first-order valence-electron chi connectivity index (χ1n) is 6.07. The van der Waals surface area contributed by atoms with E-state index in [0.717, 1.165) is 28.1 Å². The molecule has 0 aliphatic rings. The van der Waals surface area contributed by atoms with E-state index in [1.165, 1.54) is 0 Å². The van der Waals surface area contributed by atoms with Gasteiger partial charge in [0.15, 0.2) is 5.76 Å². The van der Waals surface area contributed by atoms with Gasteiger partial charge in [-0.15, -0.1) is 0 Å². The Morgan fingerprint density at radius 1 is 1.26 bits per heavy atom. The zero-order chi connectivity index (χ0) is 13.6. The van der Waals surface area contributed by atoms with E-state index in [1.807, 2.05) is 26.8 Å². The Balaban J connectivity index is 2.26. The number of hydrogen-bond donors (Lipinski definition) is 1. The molecule has 0 saturated carbocycles. The van der Waals surface area contributed by atoms with E-state index in [-0.39, 0.29) is 0 Å². The van der Waals surface area contributed by atoms with Crippen LogP contribution in [0.2, 0.25) is 0 Å². The molecule has 0 amide bonds. The number of aromatic nitrogens is 4. The van der Waals surface area contributed by atoms with Crippen molar-refractivity contribution in [1.29, 1.82) is 0 Å². The Morgan fingerprint density at radius 2 is 2.05 bits per heavy atom. The van der Waals surface area contributed by atoms with Gasteiger partial charge in [0, 0.05) is 11.8 Å². The van der Waals surface area contributed by atoms with E-state index < -0.39 is 0 Å². The first-order valence-corrected chi connectivity index (χ1v) is 6.07. The first-order chi connectivity index (χ1) is 9.08. The van der Waals surface area contributed by atoms with Gasteiger partial charge < -0.3 is 14.8 Å². The number of aryl methyl sites for hydroxylation is 2. The Hall–Kier alpha value is -2.37. The number of hydrogen-bond acceptors (Lipinski definition) is 5. The van der Waals surface area contributed by atoms with Crippen molar-refractivity contribution in [2.75, 3.05) is 5.73 Å². The number of fused-ring (bicyclic) bond motifs is 1. The molecule has 0 aliphatic carbocycles. The zero-order valence-electron chi connectivity index (χ0n) is 11.1. The van der Waals surface area contributed by atoms with E-state index in [4.69, 9.17) is 10.3 Å². The number of anilines is 1. The van der Waals surface area contributed by atoms with Gasteiger partial charge in [-0.05, 0) is 26.3 Å². The van der Waals surface area contributed by atoms with Crippen molar-refractivity contribution in [1.82, 2.24) is 19.7 Å². The molecule has 3 rings (SSSR count). The summed E-state index contributed by atoms with van der Waals surface area (Å²) < 4.78 is 7.25. The zero-order valence-corrected chi connectivity index (χ0v) is 11.1. The van der Waals surface area contributed by atoms with Gasteiger partial charge >= 0.3 is 0 Å². The van der Waals surface area contributed by atoms with Crippen LogP contribution < -0.4 is 5.73 Å². The Labute approximate surface area is 110 Å². The molecule has 2 N–H and O–H groups in total. The fraction of sp³-hybridized carbons (Fsp3) is 0.308. The smallest absolute Gasteiger partial charge is 0.156 e. The minimum Gasteiger partial charge on any atom is -0.383 e. The van der Waals surface area contributed by atoms with Crippen LogP contribution in [0.3, 0.4) is 0 Å². The van der Waals surface area contributed by atoms with Gasteiger partial charge in [0.2, 0.25) is 0 Å². The number of nitrogens with zero attached hydrogens (tertiary/aromatic N) is 4. The maximum absolute atomic E-state index is 6.01. The molecule has 0 aromatic carbocycles. The standard InChI is InChI=1S/C13H15N5O/c1-7-8(2)18(6-10-4-5-15-19-10)13-11(7)12(14)16-9(3)17-13/h4-5H,6H2,1-3H3,(H2,14,16,17). The molecule has 6 heteroatoms. The van der Waals surface area contributed by atoms with E-state index in [9.17, 15) is 0 Å².